The van der Waals surface area contributed by atoms with Crippen molar-refractivity contribution >= 4 is 6.20 Å². The zero-order chi connectivity index (χ0) is 7.40. The predicted molar refractivity (Wildman–Crippen MR) is 38.1 cm³/mol. The lowest BCUT2D eigenvalue weighted by Gasteiger charge is -1.90. The Morgan fingerprint density at radius 3 is 3.10 bits per heavy atom. The van der Waals surface area contributed by atoms with Gasteiger partial charge in [0, 0.05) is 0 Å². The van der Waals surface area contributed by atoms with Crippen LogP contribution in [0.3, 0.4) is 0 Å². The molecule has 0 aliphatic rings. The molecule has 54 valence electrons. The highest BCUT2D eigenvalue weighted by molar-refractivity contribution is 5.12. The second kappa shape index (κ2) is 3.06. The first-order chi connectivity index (χ1) is 4.86. The highest BCUT2D eigenvalue weighted by atomic mass is 16.7. The molecule has 0 fully saturated rings. The number of aromatic nitrogens is 2. The van der Waals surface area contributed by atoms with Crippen LogP contribution in [-0.2, 0) is 0 Å². The lowest BCUT2D eigenvalue weighted by molar-refractivity contribution is -0.890. The summed E-state index contributed by atoms with van der Waals surface area (Å²) in [5, 5.41) is 0. The van der Waals surface area contributed by atoms with E-state index in [4.69, 9.17) is 4.84 Å². The van der Waals surface area contributed by atoms with Gasteiger partial charge in [0.2, 0.25) is 0 Å². The number of nitrogens with zero attached hydrogens (tertiary/aromatic N) is 2. The minimum absolute atomic E-state index is 0.672. The van der Waals surface area contributed by atoms with Crippen molar-refractivity contribution in [3.8, 4) is 0 Å². The Balaban J connectivity index is 2.68. The molecule has 0 saturated heterocycles. The van der Waals surface area contributed by atoms with Crippen molar-refractivity contribution in [3.05, 3.63) is 25.3 Å². The van der Waals surface area contributed by atoms with Gasteiger partial charge in [0.1, 0.15) is 12.8 Å². The van der Waals surface area contributed by atoms with Crippen LogP contribution in [-0.4, -0.2) is 11.2 Å². The molecule has 1 heterocycles. The molecule has 10 heavy (non-hydrogen) atoms. The van der Waals surface area contributed by atoms with Gasteiger partial charge in [0.15, 0.2) is 6.20 Å². The van der Waals surface area contributed by atoms with Gasteiger partial charge in [-0.15, -0.1) is 0 Å². The summed E-state index contributed by atoms with van der Waals surface area (Å²) in [5.41, 5.74) is 0. The van der Waals surface area contributed by atoms with Crippen LogP contribution in [0.2, 0.25) is 0 Å². The first-order valence-corrected chi connectivity index (χ1v) is 3.21. The molecule has 0 radical (unpaired) electrons. The Morgan fingerprint density at radius 2 is 2.60 bits per heavy atom. The van der Waals surface area contributed by atoms with Gasteiger partial charge in [-0.2, -0.15) is 0 Å². The summed E-state index contributed by atoms with van der Waals surface area (Å²) in [6.45, 7) is 6.21. The second-order valence-corrected chi connectivity index (χ2v) is 1.82. The molecule has 1 aromatic rings. The molecule has 0 saturated carbocycles. The van der Waals surface area contributed by atoms with E-state index in [0.717, 1.165) is 0 Å². The number of hydrogen-bond acceptors (Lipinski definition) is 1. The Morgan fingerprint density at radius 1 is 1.80 bits per heavy atom. The van der Waals surface area contributed by atoms with Crippen molar-refractivity contribution in [1.29, 1.82) is 0 Å². The van der Waals surface area contributed by atoms with Crippen LogP contribution in [0.1, 0.15) is 6.92 Å². The summed E-state index contributed by atoms with van der Waals surface area (Å²) in [4.78, 5) is 5.14. The van der Waals surface area contributed by atoms with Crippen LogP contribution in [0, 0.1) is 0 Å². The topological polar surface area (TPSA) is 18.0 Å². The van der Waals surface area contributed by atoms with E-state index < -0.39 is 0 Å². The van der Waals surface area contributed by atoms with E-state index >= 15 is 0 Å². The molecule has 0 aromatic carbocycles. The van der Waals surface area contributed by atoms with Crippen molar-refractivity contribution in [3.63, 3.8) is 0 Å². The van der Waals surface area contributed by atoms with Crippen molar-refractivity contribution < 1.29 is 9.57 Å². The normalized spacial score (nSPS) is 9.30. The lowest BCUT2D eigenvalue weighted by atomic mass is 10.9. The maximum atomic E-state index is 5.14. The fraction of sp³-hybridized carbons (Fsp3) is 0.286. The molecule has 1 aromatic heterocycles. The summed E-state index contributed by atoms with van der Waals surface area (Å²) in [7, 11) is 0. The number of hydrogen-bond donors (Lipinski definition) is 0. The first-order valence-electron chi connectivity index (χ1n) is 3.21. The zero-order valence-electron chi connectivity index (χ0n) is 6.03. The fourth-order valence-electron chi connectivity index (χ4n) is 0.685. The smallest absolute Gasteiger partial charge is 0.288 e. The van der Waals surface area contributed by atoms with Gasteiger partial charge in [-0.1, -0.05) is 11.3 Å². The molecule has 0 N–H and O–H groups in total. The van der Waals surface area contributed by atoms with Crippen molar-refractivity contribution in [2.75, 3.05) is 6.61 Å². The number of rotatable bonds is 3. The van der Waals surface area contributed by atoms with Crippen LogP contribution >= 0.6 is 0 Å². The summed E-state index contributed by atoms with van der Waals surface area (Å²) < 4.78 is 3.46. The molecule has 0 atom stereocenters. The van der Waals surface area contributed by atoms with Gasteiger partial charge in [0.25, 0.3) is 6.33 Å². The molecule has 0 amide bonds. The summed E-state index contributed by atoms with van der Waals surface area (Å²) >= 11 is 0. The third kappa shape index (κ3) is 1.37. The average molecular weight is 139 g/mol. The molecule has 1 rings (SSSR count). The largest absolute Gasteiger partial charge is 0.336 e. The van der Waals surface area contributed by atoms with E-state index in [0.29, 0.717) is 6.61 Å². The standard InChI is InChI=1S/C7H11N2O/c1-3-8-5-6-9(7-8)10-4-2/h3,5-7H,1,4H2,2H3/q+1. The van der Waals surface area contributed by atoms with Crippen molar-refractivity contribution in [1.82, 2.24) is 4.57 Å². The summed E-state index contributed by atoms with van der Waals surface area (Å²) in [6.07, 6.45) is 7.19. The van der Waals surface area contributed by atoms with E-state index in [-0.39, 0.29) is 0 Å². The van der Waals surface area contributed by atoms with Crippen LogP contribution in [0.15, 0.2) is 25.3 Å². The molecule has 0 bridgehead atoms. The second-order valence-electron chi connectivity index (χ2n) is 1.82. The maximum Gasteiger partial charge on any atom is 0.288 e. The Kier molecular flexibility index (Phi) is 2.10. The number of imidazole rings is 1. The quantitative estimate of drug-likeness (QED) is 0.552. The predicted octanol–water partition coefficient (Wildman–Crippen LogP) is 0.325. The third-order valence-electron chi connectivity index (χ3n) is 1.12. The van der Waals surface area contributed by atoms with Gasteiger partial charge >= 0.3 is 0 Å². The van der Waals surface area contributed by atoms with E-state index in [1.165, 1.54) is 0 Å². The Labute approximate surface area is 60.1 Å². The van der Waals surface area contributed by atoms with Gasteiger partial charge in [0.05, 0.1) is 6.20 Å². The molecule has 0 aliphatic carbocycles. The fourth-order valence-corrected chi connectivity index (χ4v) is 0.685. The molecule has 3 nitrogen and oxygen atoms in total. The van der Waals surface area contributed by atoms with Gasteiger partial charge in [-0.3, -0.25) is 0 Å². The highest BCUT2D eigenvalue weighted by Gasteiger charge is 1.97. The molecule has 0 unspecified atom stereocenters. The van der Waals surface area contributed by atoms with E-state index in [1.807, 2.05) is 23.9 Å². The van der Waals surface area contributed by atoms with Crippen LogP contribution in [0.25, 0.3) is 6.20 Å². The van der Waals surface area contributed by atoms with Gasteiger partial charge in [-0.05, 0) is 6.92 Å². The van der Waals surface area contributed by atoms with Crippen LogP contribution < -0.4 is 9.57 Å². The SMILES string of the molecule is C=Cn1cc[n+](OCC)c1. The molecular weight excluding hydrogens is 128 g/mol. The van der Waals surface area contributed by atoms with E-state index in [2.05, 4.69) is 6.58 Å². The molecule has 3 heteroatoms. The van der Waals surface area contributed by atoms with Gasteiger partial charge < -0.3 is 4.84 Å². The first kappa shape index (κ1) is 6.86. The maximum absolute atomic E-state index is 5.14. The van der Waals surface area contributed by atoms with Gasteiger partial charge in [-0.25, -0.2) is 4.57 Å². The minimum atomic E-state index is 0.672. The third-order valence-corrected chi connectivity index (χ3v) is 1.12. The van der Waals surface area contributed by atoms with Crippen LogP contribution in [0.4, 0.5) is 0 Å². The monoisotopic (exact) mass is 139 g/mol. The molecule has 0 aliphatic heterocycles. The van der Waals surface area contributed by atoms with Crippen molar-refractivity contribution in [2.24, 2.45) is 0 Å². The zero-order valence-corrected chi connectivity index (χ0v) is 6.03. The molecule has 0 spiro atoms. The highest BCUT2D eigenvalue weighted by Crippen LogP contribution is 1.80. The minimum Gasteiger partial charge on any atom is -0.336 e. The summed E-state index contributed by atoms with van der Waals surface area (Å²) in [6, 6.07) is 0. The van der Waals surface area contributed by atoms with E-state index in [9.17, 15) is 0 Å². The van der Waals surface area contributed by atoms with Crippen molar-refractivity contribution in [2.45, 2.75) is 6.92 Å². The molecular formula is C7H11N2O+. The van der Waals surface area contributed by atoms with E-state index in [1.54, 1.807) is 17.3 Å². The average Bonchev–Trinajstić information content (AvgIpc) is 2.37. The lowest BCUT2D eigenvalue weighted by Crippen LogP contribution is -2.40. The Hall–Kier alpha value is -1.25. The Bertz CT molecular complexity index is 217. The van der Waals surface area contributed by atoms with Crippen LogP contribution in [0.5, 0.6) is 0 Å². The summed E-state index contributed by atoms with van der Waals surface area (Å²) in [5.74, 6) is 0.